The van der Waals surface area contributed by atoms with Gasteiger partial charge in [0.15, 0.2) is 5.78 Å². The molecule has 1 aromatic rings. The van der Waals surface area contributed by atoms with Crippen LogP contribution in [-0.2, 0) is 11.2 Å². The lowest BCUT2D eigenvalue weighted by Crippen LogP contribution is -2.26. The molecule has 0 fully saturated rings. The summed E-state index contributed by atoms with van der Waals surface area (Å²) in [6, 6.07) is 5.62. The molecule has 1 unspecified atom stereocenters. The highest BCUT2D eigenvalue weighted by Gasteiger charge is 2.18. The number of hydrogen-bond donors (Lipinski definition) is 1. The number of Topliss-reactive ketones (excluding diaryl/α,β-unsaturated/α-hetero) is 1. The first-order valence-electron chi connectivity index (χ1n) is 5.22. The van der Waals surface area contributed by atoms with Gasteiger partial charge in [0.25, 0.3) is 0 Å². The van der Waals surface area contributed by atoms with Gasteiger partial charge in [-0.15, -0.1) is 0 Å². The van der Waals surface area contributed by atoms with Gasteiger partial charge < -0.3 is 5.11 Å². The predicted octanol–water partition coefficient (Wildman–Crippen LogP) is 1.60. The molecule has 1 rings (SSSR count). The molecule has 0 spiro atoms. The maximum Gasteiger partial charge on any atom is 0.161 e. The maximum absolute atomic E-state index is 11.5. The fourth-order valence-corrected chi connectivity index (χ4v) is 1.32. The highest BCUT2D eigenvalue weighted by atomic mass is 16.3. The Morgan fingerprint density at radius 3 is 2.73 bits per heavy atom. The van der Waals surface area contributed by atoms with E-state index < -0.39 is 6.10 Å². The summed E-state index contributed by atoms with van der Waals surface area (Å²) < 4.78 is 0. The van der Waals surface area contributed by atoms with E-state index in [0.717, 1.165) is 5.69 Å². The van der Waals surface area contributed by atoms with Crippen molar-refractivity contribution in [1.29, 1.82) is 0 Å². The van der Waals surface area contributed by atoms with Crippen molar-refractivity contribution in [2.75, 3.05) is 0 Å². The van der Waals surface area contributed by atoms with E-state index in [9.17, 15) is 9.90 Å². The molecule has 0 bridgehead atoms. The Morgan fingerprint density at radius 1 is 1.47 bits per heavy atom. The zero-order chi connectivity index (χ0) is 11.3. The molecule has 0 aliphatic heterocycles. The molecule has 82 valence electrons. The molecule has 3 heteroatoms. The molecule has 0 aliphatic rings. The zero-order valence-electron chi connectivity index (χ0n) is 9.18. The molecule has 0 aromatic carbocycles. The van der Waals surface area contributed by atoms with Crippen LogP contribution in [0, 0.1) is 5.92 Å². The number of carbonyl (C=O) groups excluding carboxylic acids is 1. The third-order valence-electron chi connectivity index (χ3n) is 2.32. The van der Waals surface area contributed by atoms with Crippen molar-refractivity contribution in [2.45, 2.75) is 32.8 Å². The van der Waals surface area contributed by atoms with Gasteiger partial charge in [-0.2, -0.15) is 0 Å². The van der Waals surface area contributed by atoms with Crippen molar-refractivity contribution in [3.05, 3.63) is 30.1 Å². The lowest BCUT2D eigenvalue weighted by atomic mass is 9.99. The van der Waals surface area contributed by atoms with Crippen molar-refractivity contribution in [3.8, 4) is 0 Å². The summed E-state index contributed by atoms with van der Waals surface area (Å²) in [5.74, 6) is -0.114. The van der Waals surface area contributed by atoms with E-state index in [-0.39, 0.29) is 11.7 Å². The van der Waals surface area contributed by atoms with Crippen LogP contribution in [0.3, 0.4) is 0 Å². The van der Waals surface area contributed by atoms with Gasteiger partial charge in [-0.1, -0.05) is 19.9 Å². The fourth-order valence-electron chi connectivity index (χ4n) is 1.32. The summed E-state index contributed by atoms with van der Waals surface area (Å²) in [5, 5.41) is 9.50. The third-order valence-corrected chi connectivity index (χ3v) is 2.32. The molecule has 1 heterocycles. The molecule has 0 aliphatic carbocycles. The second kappa shape index (κ2) is 5.61. The van der Waals surface area contributed by atoms with Gasteiger partial charge in [0.2, 0.25) is 0 Å². The molecule has 0 saturated carbocycles. The number of aryl methyl sites for hydroxylation is 1. The minimum absolute atomic E-state index is 0.0127. The number of aromatic nitrogens is 1. The van der Waals surface area contributed by atoms with E-state index in [1.807, 2.05) is 32.0 Å². The van der Waals surface area contributed by atoms with Crippen LogP contribution in [0.25, 0.3) is 0 Å². The monoisotopic (exact) mass is 207 g/mol. The van der Waals surface area contributed by atoms with E-state index in [1.165, 1.54) is 0 Å². The van der Waals surface area contributed by atoms with E-state index >= 15 is 0 Å². The number of aliphatic hydroxyl groups excluding tert-OH is 1. The van der Waals surface area contributed by atoms with Crippen LogP contribution in [0.5, 0.6) is 0 Å². The Labute approximate surface area is 90.2 Å². The predicted molar refractivity (Wildman–Crippen MR) is 58.4 cm³/mol. The smallest absolute Gasteiger partial charge is 0.161 e. The van der Waals surface area contributed by atoms with Crippen LogP contribution in [0.4, 0.5) is 0 Å². The summed E-state index contributed by atoms with van der Waals surface area (Å²) in [5.41, 5.74) is 0.891. The quantitative estimate of drug-likeness (QED) is 0.797. The Balaban J connectivity index is 2.41. The highest BCUT2D eigenvalue weighted by molar-refractivity contribution is 5.83. The molecular formula is C12H17NO2. The number of pyridine rings is 1. The Morgan fingerprint density at radius 2 is 2.20 bits per heavy atom. The van der Waals surface area contributed by atoms with Crippen LogP contribution < -0.4 is 0 Å². The number of hydrogen-bond acceptors (Lipinski definition) is 3. The van der Waals surface area contributed by atoms with Gasteiger partial charge in [0, 0.05) is 18.3 Å². The normalized spacial score (nSPS) is 12.8. The molecule has 3 nitrogen and oxygen atoms in total. The average Bonchev–Trinajstić information content (AvgIpc) is 2.26. The van der Waals surface area contributed by atoms with Crippen LogP contribution in [-0.4, -0.2) is 22.0 Å². The summed E-state index contributed by atoms with van der Waals surface area (Å²) >= 11 is 0. The van der Waals surface area contributed by atoms with Crippen LogP contribution >= 0.6 is 0 Å². The van der Waals surface area contributed by atoms with Gasteiger partial charge >= 0.3 is 0 Å². The molecule has 1 N–H and O–H groups in total. The molecule has 0 radical (unpaired) electrons. The first kappa shape index (κ1) is 11.9. The molecular weight excluding hydrogens is 190 g/mol. The summed E-state index contributed by atoms with van der Waals surface area (Å²) in [6.07, 6.45) is 1.83. The van der Waals surface area contributed by atoms with Gasteiger partial charge in [-0.25, -0.2) is 0 Å². The highest BCUT2D eigenvalue weighted by Crippen LogP contribution is 2.07. The number of aliphatic hydroxyl groups is 1. The van der Waals surface area contributed by atoms with Gasteiger partial charge in [0.05, 0.1) is 0 Å². The number of nitrogens with zero attached hydrogens (tertiary/aromatic N) is 1. The number of ketones is 1. The maximum atomic E-state index is 11.5. The van der Waals surface area contributed by atoms with Gasteiger partial charge in [-0.3, -0.25) is 9.78 Å². The second-order valence-corrected chi connectivity index (χ2v) is 3.98. The van der Waals surface area contributed by atoms with Crippen LogP contribution in [0.1, 0.15) is 26.0 Å². The fraction of sp³-hybridized carbons (Fsp3) is 0.500. The van der Waals surface area contributed by atoms with Crippen molar-refractivity contribution in [3.63, 3.8) is 0 Å². The standard InChI is InChI=1S/C12H17NO2/c1-9(2)12(15)11(14)7-6-10-5-3-4-8-13-10/h3-5,8-9,12,15H,6-7H2,1-2H3. The summed E-state index contributed by atoms with van der Waals surface area (Å²) in [7, 11) is 0. The molecule has 1 aromatic heterocycles. The van der Waals surface area contributed by atoms with E-state index in [0.29, 0.717) is 12.8 Å². The Kier molecular flexibility index (Phi) is 4.43. The second-order valence-electron chi connectivity index (χ2n) is 3.98. The van der Waals surface area contributed by atoms with E-state index in [2.05, 4.69) is 4.98 Å². The van der Waals surface area contributed by atoms with Crippen molar-refractivity contribution >= 4 is 5.78 Å². The molecule has 0 saturated heterocycles. The first-order chi connectivity index (χ1) is 7.11. The Hall–Kier alpha value is -1.22. The third kappa shape index (κ3) is 3.80. The molecule has 15 heavy (non-hydrogen) atoms. The molecule has 1 atom stereocenters. The van der Waals surface area contributed by atoms with Crippen molar-refractivity contribution in [1.82, 2.24) is 4.98 Å². The minimum atomic E-state index is -0.839. The topological polar surface area (TPSA) is 50.2 Å². The lowest BCUT2D eigenvalue weighted by molar-refractivity contribution is -0.129. The van der Waals surface area contributed by atoms with E-state index in [4.69, 9.17) is 0 Å². The van der Waals surface area contributed by atoms with Crippen molar-refractivity contribution in [2.24, 2.45) is 5.92 Å². The zero-order valence-corrected chi connectivity index (χ0v) is 9.18. The summed E-state index contributed by atoms with van der Waals surface area (Å²) in [6.45, 7) is 3.67. The Bertz CT molecular complexity index is 309. The van der Waals surface area contributed by atoms with E-state index in [1.54, 1.807) is 6.20 Å². The lowest BCUT2D eigenvalue weighted by Gasteiger charge is -2.12. The first-order valence-corrected chi connectivity index (χ1v) is 5.22. The number of carbonyl (C=O) groups is 1. The van der Waals surface area contributed by atoms with Gasteiger partial charge in [-0.05, 0) is 24.5 Å². The SMILES string of the molecule is CC(C)C(O)C(=O)CCc1ccccn1. The average molecular weight is 207 g/mol. The van der Waals surface area contributed by atoms with Crippen LogP contribution in [0.2, 0.25) is 0 Å². The van der Waals surface area contributed by atoms with Crippen LogP contribution in [0.15, 0.2) is 24.4 Å². The van der Waals surface area contributed by atoms with Crippen molar-refractivity contribution < 1.29 is 9.90 Å². The number of rotatable bonds is 5. The van der Waals surface area contributed by atoms with Gasteiger partial charge in [0.1, 0.15) is 6.10 Å². The minimum Gasteiger partial charge on any atom is -0.385 e. The largest absolute Gasteiger partial charge is 0.385 e. The molecule has 0 amide bonds. The summed E-state index contributed by atoms with van der Waals surface area (Å²) in [4.78, 5) is 15.6.